The van der Waals surface area contributed by atoms with Gasteiger partial charge in [0, 0.05) is 5.69 Å². The van der Waals surface area contributed by atoms with E-state index in [4.69, 9.17) is 0 Å². The van der Waals surface area contributed by atoms with Crippen LogP contribution in [-0.4, -0.2) is 17.0 Å². The molecule has 1 spiro atoms. The number of aliphatic carboxylic acids is 1. The predicted molar refractivity (Wildman–Crippen MR) is 77.5 cm³/mol. The van der Waals surface area contributed by atoms with E-state index in [0.717, 1.165) is 18.5 Å². The lowest BCUT2D eigenvalue weighted by Gasteiger charge is -2.23. The van der Waals surface area contributed by atoms with E-state index in [-0.39, 0.29) is 23.2 Å². The normalized spacial score (nSPS) is 34.1. The van der Waals surface area contributed by atoms with Gasteiger partial charge in [0.1, 0.15) is 0 Å². The summed E-state index contributed by atoms with van der Waals surface area (Å²) in [6.45, 7) is 0. The maximum absolute atomic E-state index is 12.6. The Hall–Kier alpha value is -2.10. The summed E-state index contributed by atoms with van der Waals surface area (Å²) in [5.74, 6) is -1.90. The number of carbonyl (C=O) groups excluding carboxylic acids is 1. The Morgan fingerprint density at radius 3 is 2.24 bits per heavy atom. The Morgan fingerprint density at radius 1 is 1.05 bits per heavy atom. The third-order valence-corrected chi connectivity index (χ3v) is 5.47. The smallest absolute Gasteiger partial charge is 0.307 e. The van der Waals surface area contributed by atoms with E-state index in [9.17, 15) is 14.7 Å². The number of benzene rings is 1. The Labute approximate surface area is 122 Å². The molecule has 2 N–H and O–H groups in total. The van der Waals surface area contributed by atoms with Crippen LogP contribution in [0, 0.1) is 29.1 Å². The molecule has 0 unspecified atom stereocenters. The van der Waals surface area contributed by atoms with Crippen molar-refractivity contribution in [2.45, 2.75) is 12.8 Å². The number of nitrogens with one attached hydrogen (secondary N) is 1. The molecule has 0 aromatic heterocycles. The minimum absolute atomic E-state index is 0.0338. The molecule has 1 aromatic carbocycles. The lowest BCUT2D eigenvalue weighted by molar-refractivity contribution is -0.146. The van der Waals surface area contributed by atoms with Crippen molar-refractivity contribution in [3.63, 3.8) is 0 Å². The zero-order valence-corrected chi connectivity index (χ0v) is 11.5. The number of amides is 1. The van der Waals surface area contributed by atoms with Gasteiger partial charge in [-0.2, -0.15) is 0 Å². The molecule has 2 saturated carbocycles. The van der Waals surface area contributed by atoms with Crippen LogP contribution in [0.25, 0.3) is 0 Å². The van der Waals surface area contributed by atoms with Crippen LogP contribution in [-0.2, 0) is 9.59 Å². The van der Waals surface area contributed by atoms with Gasteiger partial charge in [-0.15, -0.1) is 0 Å². The zero-order chi connectivity index (χ0) is 14.6. The number of hydrogen-bond acceptors (Lipinski definition) is 2. The largest absolute Gasteiger partial charge is 0.481 e. The van der Waals surface area contributed by atoms with Crippen LogP contribution in [0.4, 0.5) is 5.69 Å². The highest BCUT2D eigenvalue weighted by Gasteiger charge is 2.70. The van der Waals surface area contributed by atoms with Crippen molar-refractivity contribution in [2.24, 2.45) is 29.1 Å². The molecule has 0 aliphatic heterocycles. The first-order valence-corrected chi connectivity index (χ1v) is 7.40. The standard InChI is InChI=1S/C17H17NO3/c19-15(18-10-4-2-1-3-5-10)13-11-6-7-12(14(13)16(20)21)17(11)8-9-17/h1-7,11-14H,8-9H2,(H,18,19)(H,20,21)/t11-,12+,13+,14+/m1/s1. The van der Waals surface area contributed by atoms with Crippen LogP contribution in [0.3, 0.4) is 0 Å². The molecule has 0 heterocycles. The molecule has 21 heavy (non-hydrogen) atoms. The van der Waals surface area contributed by atoms with Crippen molar-refractivity contribution < 1.29 is 14.7 Å². The van der Waals surface area contributed by atoms with E-state index < -0.39 is 17.8 Å². The Bertz CT molecular complexity index is 633. The van der Waals surface area contributed by atoms with Gasteiger partial charge in [0.05, 0.1) is 11.8 Å². The molecule has 4 atom stereocenters. The van der Waals surface area contributed by atoms with Crippen LogP contribution < -0.4 is 5.32 Å². The summed E-state index contributed by atoms with van der Waals surface area (Å²) in [7, 11) is 0. The molecule has 1 aromatic rings. The molecular weight excluding hydrogens is 266 g/mol. The average molecular weight is 283 g/mol. The fourth-order valence-electron chi connectivity index (χ4n) is 4.44. The van der Waals surface area contributed by atoms with Gasteiger partial charge < -0.3 is 10.4 Å². The zero-order valence-electron chi connectivity index (χ0n) is 11.5. The van der Waals surface area contributed by atoms with Crippen molar-refractivity contribution in [2.75, 3.05) is 5.32 Å². The second-order valence-corrected chi connectivity index (χ2v) is 6.41. The second kappa shape index (κ2) is 4.20. The van der Waals surface area contributed by atoms with Crippen molar-refractivity contribution in [1.29, 1.82) is 0 Å². The summed E-state index contributed by atoms with van der Waals surface area (Å²) < 4.78 is 0. The van der Waals surface area contributed by atoms with E-state index in [1.807, 2.05) is 36.4 Å². The van der Waals surface area contributed by atoms with Gasteiger partial charge in [-0.05, 0) is 42.2 Å². The molecule has 2 fully saturated rings. The van der Waals surface area contributed by atoms with E-state index in [1.165, 1.54) is 0 Å². The van der Waals surface area contributed by atoms with Crippen molar-refractivity contribution >= 4 is 17.6 Å². The Morgan fingerprint density at radius 2 is 1.67 bits per heavy atom. The molecule has 108 valence electrons. The summed E-state index contributed by atoms with van der Waals surface area (Å²) in [5, 5.41) is 12.4. The molecule has 2 bridgehead atoms. The molecule has 4 heteroatoms. The Balaban J connectivity index is 1.63. The number of hydrogen-bond donors (Lipinski definition) is 2. The fourth-order valence-corrected chi connectivity index (χ4v) is 4.44. The number of rotatable bonds is 3. The lowest BCUT2D eigenvalue weighted by atomic mass is 9.82. The third kappa shape index (κ3) is 1.68. The highest BCUT2D eigenvalue weighted by Crippen LogP contribution is 2.72. The molecule has 1 amide bonds. The summed E-state index contributed by atoms with van der Waals surface area (Å²) in [5.41, 5.74) is 0.796. The second-order valence-electron chi connectivity index (χ2n) is 6.41. The number of para-hydroxylation sites is 1. The molecule has 4 rings (SSSR count). The molecule has 0 radical (unpaired) electrons. The highest BCUT2D eigenvalue weighted by atomic mass is 16.4. The van der Waals surface area contributed by atoms with Gasteiger partial charge in [0.2, 0.25) is 5.91 Å². The minimum Gasteiger partial charge on any atom is -0.481 e. The first-order valence-electron chi connectivity index (χ1n) is 7.40. The highest BCUT2D eigenvalue weighted by molar-refractivity contribution is 5.96. The Kier molecular flexibility index (Phi) is 2.52. The van der Waals surface area contributed by atoms with Gasteiger partial charge in [0.15, 0.2) is 0 Å². The number of carboxylic acid groups (broad SMARTS) is 1. The average Bonchev–Trinajstić information content (AvgIpc) is 3.13. The number of carbonyl (C=O) groups is 2. The summed E-state index contributed by atoms with van der Waals surface area (Å²) in [4.78, 5) is 24.3. The number of carboxylic acids is 1. The van der Waals surface area contributed by atoms with Crippen molar-refractivity contribution in [3.05, 3.63) is 42.5 Å². The molecule has 4 nitrogen and oxygen atoms in total. The molecule has 0 saturated heterocycles. The summed E-state index contributed by atoms with van der Waals surface area (Å²) in [6.07, 6.45) is 6.21. The summed E-state index contributed by atoms with van der Waals surface area (Å²) in [6, 6.07) is 9.24. The van der Waals surface area contributed by atoms with Gasteiger partial charge >= 0.3 is 5.97 Å². The van der Waals surface area contributed by atoms with E-state index in [1.54, 1.807) is 0 Å². The molecule has 3 aliphatic rings. The van der Waals surface area contributed by atoms with Crippen LogP contribution in [0.1, 0.15) is 12.8 Å². The van der Waals surface area contributed by atoms with Crippen molar-refractivity contribution in [3.8, 4) is 0 Å². The maximum Gasteiger partial charge on any atom is 0.307 e. The number of anilines is 1. The quantitative estimate of drug-likeness (QED) is 0.838. The fraction of sp³-hybridized carbons (Fsp3) is 0.412. The van der Waals surface area contributed by atoms with Gasteiger partial charge in [-0.3, -0.25) is 9.59 Å². The van der Waals surface area contributed by atoms with Crippen molar-refractivity contribution in [1.82, 2.24) is 0 Å². The monoisotopic (exact) mass is 283 g/mol. The third-order valence-electron chi connectivity index (χ3n) is 5.47. The van der Waals surface area contributed by atoms with Crippen LogP contribution in [0.5, 0.6) is 0 Å². The van der Waals surface area contributed by atoms with Gasteiger partial charge in [-0.25, -0.2) is 0 Å². The first-order chi connectivity index (χ1) is 10.1. The number of allylic oxidation sites excluding steroid dienone is 2. The molecule has 3 aliphatic carbocycles. The van der Waals surface area contributed by atoms with Gasteiger partial charge in [0.25, 0.3) is 0 Å². The topological polar surface area (TPSA) is 66.4 Å². The molecular formula is C17H17NO3. The lowest BCUT2D eigenvalue weighted by Crippen LogP contribution is -2.36. The summed E-state index contributed by atoms with van der Waals surface area (Å²) >= 11 is 0. The predicted octanol–water partition coefficient (Wildman–Crippen LogP) is 2.54. The SMILES string of the molecule is O=C(Nc1ccccc1)[C@@H]1[C@@H](C(=O)O)[C@@H]2C=C[C@H]1C21CC1. The van der Waals surface area contributed by atoms with Gasteiger partial charge in [-0.1, -0.05) is 30.4 Å². The van der Waals surface area contributed by atoms with Crippen LogP contribution in [0.2, 0.25) is 0 Å². The van der Waals surface area contributed by atoms with E-state index in [0.29, 0.717) is 0 Å². The minimum atomic E-state index is -0.841. The first kappa shape index (κ1) is 12.6. The maximum atomic E-state index is 12.6. The van der Waals surface area contributed by atoms with Crippen LogP contribution in [0.15, 0.2) is 42.5 Å². The van der Waals surface area contributed by atoms with E-state index in [2.05, 4.69) is 11.4 Å². The van der Waals surface area contributed by atoms with Crippen LogP contribution >= 0.6 is 0 Å². The van der Waals surface area contributed by atoms with E-state index >= 15 is 0 Å².